The standard InChI is InChI=1S/C31H40FN5O/c1-3-6-21-9-11-24(12-10-21)37-20(2)34-30-27(32)17-22(18-29(30)37)25-7-4-5-8-28-26(25)19-33-31(36-28)35-23-13-15-38-16-14-23/h7,17-19,21,23-24H,3-6,8-16H2,1-2H3,(H,33,35,36). The Labute approximate surface area is 225 Å². The van der Waals surface area contributed by atoms with Gasteiger partial charge in [0.2, 0.25) is 5.95 Å². The minimum absolute atomic E-state index is 0.246. The number of nitrogens with zero attached hydrogens (tertiary/aromatic N) is 4. The highest BCUT2D eigenvalue weighted by Crippen LogP contribution is 2.39. The number of imidazole rings is 1. The number of aryl methyl sites for hydroxylation is 2. The van der Waals surface area contributed by atoms with Crippen LogP contribution in [0.25, 0.3) is 16.6 Å². The van der Waals surface area contributed by atoms with Crippen molar-refractivity contribution in [2.45, 2.75) is 96.6 Å². The quantitative estimate of drug-likeness (QED) is 0.376. The van der Waals surface area contributed by atoms with E-state index in [4.69, 9.17) is 14.7 Å². The number of rotatable bonds is 6. The number of hydrogen-bond donors (Lipinski definition) is 1. The zero-order valence-electron chi connectivity index (χ0n) is 22.8. The average Bonchev–Trinajstić information content (AvgIpc) is 3.12. The first-order valence-corrected chi connectivity index (χ1v) is 14.7. The maximum Gasteiger partial charge on any atom is 0.223 e. The molecule has 0 atom stereocenters. The van der Waals surface area contributed by atoms with Gasteiger partial charge in [0.15, 0.2) is 5.82 Å². The minimum atomic E-state index is -0.246. The van der Waals surface area contributed by atoms with Gasteiger partial charge < -0.3 is 14.6 Å². The van der Waals surface area contributed by atoms with Crippen LogP contribution in [0.3, 0.4) is 0 Å². The predicted molar refractivity (Wildman–Crippen MR) is 150 cm³/mol. The Kier molecular flexibility index (Phi) is 7.46. The van der Waals surface area contributed by atoms with E-state index in [9.17, 15) is 0 Å². The van der Waals surface area contributed by atoms with Gasteiger partial charge in [-0.15, -0.1) is 0 Å². The van der Waals surface area contributed by atoms with E-state index in [1.807, 2.05) is 13.1 Å². The average molecular weight is 518 g/mol. The van der Waals surface area contributed by atoms with Crippen molar-refractivity contribution >= 4 is 22.6 Å². The number of allylic oxidation sites excluding steroid dienone is 1. The molecular weight excluding hydrogens is 477 g/mol. The van der Waals surface area contributed by atoms with Crippen molar-refractivity contribution in [3.8, 4) is 0 Å². The fourth-order valence-corrected chi connectivity index (χ4v) is 6.81. The number of anilines is 1. The summed E-state index contributed by atoms with van der Waals surface area (Å²) in [5.74, 6) is 2.19. The minimum Gasteiger partial charge on any atom is -0.381 e. The topological polar surface area (TPSA) is 64.9 Å². The highest BCUT2D eigenvalue weighted by molar-refractivity contribution is 5.87. The number of ether oxygens (including phenoxy) is 1. The van der Waals surface area contributed by atoms with Crippen LogP contribution in [0.5, 0.6) is 0 Å². The molecule has 1 N–H and O–H groups in total. The highest BCUT2D eigenvalue weighted by Gasteiger charge is 2.26. The fraction of sp³-hybridized carbons (Fsp3) is 0.581. The van der Waals surface area contributed by atoms with E-state index in [2.05, 4.69) is 33.9 Å². The molecule has 1 aliphatic heterocycles. The molecule has 0 amide bonds. The fourth-order valence-electron chi connectivity index (χ4n) is 6.81. The molecular formula is C31H40FN5O. The molecule has 3 heterocycles. The number of halogens is 1. The summed E-state index contributed by atoms with van der Waals surface area (Å²) in [6.45, 7) is 5.86. The van der Waals surface area contributed by atoms with Crippen LogP contribution in [-0.4, -0.2) is 38.8 Å². The second kappa shape index (κ2) is 11.1. The second-order valence-corrected chi connectivity index (χ2v) is 11.4. The molecule has 38 heavy (non-hydrogen) atoms. The van der Waals surface area contributed by atoms with Crippen LogP contribution in [0, 0.1) is 18.7 Å². The highest BCUT2D eigenvalue weighted by atomic mass is 19.1. The largest absolute Gasteiger partial charge is 0.381 e. The Bertz CT molecular complexity index is 1320. The third-order valence-electron chi connectivity index (χ3n) is 8.79. The second-order valence-electron chi connectivity index (χ2n) is 11.4. The molecule has 2 fully saturated rings. The summed E-state index contributed by atoms with van der Waals surface area (Å²) in [4.78, 5) is 14.3. The SMILES string of the molecule is CCCC1CCC(n2c(C)nc3c(F)cc(C4=CCCCc5nc(NC6CCOCC6)ncc54)cc32)CC1. The molecule has 2 aliphatic carbocycles. The van der Waals surface area contributed by atoms with Crippen molar-refractivity contribution in [3.63, 3.8) is 0 Å². The van der Waals surface area contributed by atoms with Gasteiger partial charge in [-0.25, -0.2) is 19.3 Å². The van der Waals surface area contributed by atoms with Gasteiger partial charge >= 0.3 is 0 Å². The molecule has 0 radical (unpaired) electrons. The molecule has 0 unspecified atom stereocenters. The van der Waals surface area contributed by atoms with Crippen molar-refractivity contribution in [2.24, 2.45) is 5.92 Å². The summed E-state index contributed by atoms with van der Waals surface area (Å²) in [7, 11) is 0. The van der Waals surface area contributed by atoms with Crippen molar-refractivity contribution < 1.29 is 9.13 Å². The Morgan fingerprint density at radius 3 is 2.68 bits per heavy atom. The van der Waals surface area contributed by atoms with E-state index < -0.39 is 0 Å². The van der Waals surface area contributed by atoms with E-state index in [1.54, 1.807) is 6.07 Å². The molecule has 3 aromatic rings. The molecule has 0 bridgehead atoms. The molecule has 2 aromatic heterocycles. The Balaban J connectivity index is 1.33. The monoisotopic (exact) mass is 517 g/mol. The number of fused-ring (bicyclic) bond motifs is 2. The Hall–Kier alpha value is -2.80. The first-order valence-electron chi connectivity index (χ1n) is 14.7. The van der Waals surface area contributed by atoms with Gasteiger partial charge in [-0.3, -0.25) is 0 Å². The molecule has 6 rings (SSSR count). The lowest BCUT2D eigenvalue weighted by Crippen LogP contribution is -2.28. The normalized spacial score (nSPS) is 22.7. The summed E-state index contributed by atoms with van der Waals surface area (Å²) >= 11 is 0. The molecule has 1 saturated carbocycles. The van der Waals surface area contributed by atoms with Gasteiger partial charge in [-0.05, 0) is 93.9 Å². The molecule has 7 heteroatoms. The first-order chi connectivity index (χ1) is 18.6. The van der Waals surface area contributed by atoms with Crippen LogP contribution < -0.4 is 5.32 Å². The van der Waals surface area contributed by atoms with Crippen molar-refractivity contribution in [3.05, 3.63) is 52.9 Å². The Morgan fingerprint density at radius 2 is 1.89 bits per heavy atom. The lowest BCUT2D eigenvalue weighted by atomic mass is 9.83. The van der Waals surface area contributed by atoms with Gasteiger partial charge in [-0.2, -0.15) is 0 Å². The summed E-state index contributed by atoms with van der Waals surface area (Å²) in [5, 5.41) is 3.50. The van der Waals surface area contributed by atoms with Gasteiger partial charge in [0.05, 0.1) is 11.2 Å². The summed E-state index contributed by atoms with van der Waals surface area (Å²) in [6.07, 6.45) is 16.3. The van der Waals surface area contributed by atoms with E-state index in [-0.39, 0.29) is 5.82 Å². The summed E-state index contributed by atoms with van der Waals surface area (Å²) in [6, 6.07) is 4.55. The lowest BCUT2D eigenvalue weighted by Gasteiger charge is -2.30. The molecule has 202 valence electrons. The van der Waals surface area contributed by atoms with Crippen molar-refractivity contribution in [2.75, 3.05) is 18.5 Å². The molecule has 1 saturated heterocycles. The van der Waals surface area contributed by atoms with E-state index in [0.717, 1.165) is 97.8 Å². The number of nitrogens with one attached hydrogen (secondary N) is 1. The van der Waals surface area contributed by atoms with E-state index in [1.165, 1.54) is 25.7 Å². The van der Waals surface area contributed by atoms with Crippen LogP contribution in [0.2, 0.25) is 0 Å². The van der Waals surface area contributed by atoms with Crippen LogP contribution in [0.15, 0.2) is 24.4 Å². The summed E-state index contributed by atoms with van der Waals surface area (Å²) in [5.41, 5.74) is 5.39. The number of aromatic nitrogens is 4. The predicted octanol–water partition coefficient (Wildman–Crippen LogP) is 7.16. The zero-order valence-corrected chi connectivity index (χ0v) is 22.8. The maximum absolute atomic E-state index is 15.6. The first kappa shape index (κ1) is 25.5. The third-order valence-corrected chi connectivity index (χ3v) is 8.79. The van der Waals surface area contributed by atoms with Crippen LogP contribution in [0.4, 0.5) is 10.3 Å². The van der Waals surface area contributed by atoms with Gasteiger partial charge in [-0.1, -0.05) is 25.8 Å². The van der Waals surface area contributed by atoms with E-state index in [0.29, 0.717) is 23.5 Å². The van der Waals surface area contributed by atoms with Gasteiger partial charge in [0, 0.05) is 37.1 Å². The van der Waals surface area contributed by atoms with Crippen molar-refractivity contribution in [1.82, 2.24) is 19.5 Å². The number of hydrogen-bond acceptors (Lipinski definition) is 5. The van der Waals surface area contributed by atoms with Gasteiger partial charge in [0.1, 0.15) is 11.3 Å². The van der Waals surface area contributed by atoms with Crippen LogP contribution in [-0.2, 0) is 11.2 Å². The van der Waals surface area contributed by atoms with Crippen molar-refractivity contribution in [1.29, 1.82) is 0 Å². The lowest BCUT2D eigenvalue weighted by molar-refractivity contribution is 0.0903. The van der Waals surface area contributed by atoms with Crippen LogP contribution in [0.1, 0.15) is 99.8 Å². The number of benzene rings is 1. The smallest absolute Gasteiger partial charge is 0.223 e. The van der Waals surface area contributed by atoms with Gasteiger partial charge in [0.25, 0.3) is 0 Å². The maximum atomic E-state index is 15.6. The molecule has 1 aromatic carbocycles. The molecule has 6 nitrogen and oxygen atoms in total. The molecule has 0 spiro atoms. The summed E-state index contributed by atoms with van der Waals surface area (Å²) < 4.78 is 23.4. The van der Waals surface area contributed by atoms with E-state index >= 15 is 4.39 Å². The van der Waals surface area contributed by atoms with Crippen LogP contribution >= 0.6 is 0 Å². The zero-order chi connectivity index (χ0) is 26.1. The third kappa shape index (κ3) is 5.09. The Morgan fingerprint density at radius 1 is 1.08 bits per heavy atom. The molecule has 3 aliphatic rings.